The molecule has 0 aromatic heterocycles. The minimum Gasteiger partial charge on any atom is -0.543 e. The lowest BCUT2D eigenvalue weighted by molar-refractivity contribution is -0.299. The molecule has 0 aliphatic rings. The molecule has 5 heteroatoms. The zero-order valence-corrected chi connectivity index (χ0v) is 14.1. The Bertz CT molecular complexity index is 985. The van der Waals surface area contributed by atoms with E-state index in [1.165, 1.54) is 6.08 Å². The predicted octanol–water partition coefficient (Wildman–Crippen LogP) is 2.37. The number of ether oxygens (including phenoxy) is 1. The molecular weight excluding hydrogens is 330 g/mol. The second-order valence-corrected chi connectivity index (χ2v) is 5.60. The van der Waals surface area contributed by atoms with Gasteiger partial charge in [0.15, 0.2) is 0 Å². The van der Waals surface area contributed by atoms with Gasteiger partial charge in [0, 0.05) is 5.56 Å². The maximum atomic E-state index is 12.6. The van der Waals surface area contributed by atoms with E-state index in [0.29, 0.717) is 16.9 Å². The average molecular weight is 346 g/mol. The summed E-state index contributed by atoms with van der Waals surface area (Å²) in [6.07, 6.45) is 1.35. The fraction of sp³-hybridized carbons (Fsp3) is 0.0476. The summed E-state index contributed by atoms with van der Waals surface area (Å²) in [4.78, 5) is 24.0. The first-order chi connectivity index (χ1) is 12.6. The Hall–Kier alpha value is -3.60. The van der Waals surface area contributed by atoms with E-state index in [9.17, 15) is 14.7 Å². The molecule has 0 aliphatic heterocycles. The topological polar surface area (TPSA) is 78.5 Å². The van der Waals surface area contributed by atoms with Crippen LogP contribution in [-0.2, 0) is 4.79 Å². The minimum atomic E-state index is -1.46. The van der Waals surface area contributed by atoms with E-state index in [-0.39, 0.29) is 5.70 Å². The van der Waals surface area contributed by atoms with Crippen molar-refractivity contribution in [1.82, 2.24) is 5.32 Å². The highest BCUT2D eigenvalue weighted by molar-refractivity contribution is 6.10. The number of amides is 1. The van der Waals surface area contributed by atoms with Gasteiger partial charge in [0.25, 0.3) is 5.91 Å². The Morgan fingerprint density at radius 3 is 2.35 bits per heavy atom. The first kappa shape index (κ1) is 17.2. The lowest BCUT2D eigenvalue weighted by Gasteiger charge is -2.12. The standard InChI is InChI=1S/C21H17NO4/c1-26-16-11-9-14(10-12-16)13-19(21(24)25)22-20(23)18-8-4-6-15-5-2-3-7-17(15)18/h2-13H,1H3,(H,22,23)(H,24,25)/p-1/b19-13-. The second-order valence-electron chi connectivity index (χ2n) is 5.60. The van der Waals surface area contributed by atoms with Gasteiger partial charge < -0.3 is 20.0 Å². The van der Waals surface area contributed by atoms with E-state index in [2.05, 4.69) is 5.32 Å². The molecule has 1 N–H and O–H groups in total. The number of rotatable bonds is 5. The highest BCUT2D eigenvalue weighted by Crippen LogP contribution is 2.19. The van der Waals surface area contributed by atoms with Crippen LogP contribution in [0.15, 0.2) is 72.4 Å². The Balaban J connectivity index is 1.90. The zero-order chi connectivity index (χ0) is 18.5. The van der Waals surface area contributed by atoms with E-state index in [4.69, 9.17) is 4.74 Å². The summed E-state index contributed by atoms with van der Waals surface area (Å²) in [5, 5.41) is 15.5. The monoisotopic (exact) mass is 346 g/mol. The van der Waals surface area contributed by atoms with Crippen LogP contribution < -0.4 is 15.2 Å². The SMILES string of the molecule is COc1ccc(/C=C(\NC(=O)c2cccc3ccccc23)C(=O)[O-])cc1. The highest BCUT2D eigenvalue weighted by Gasteiger charge is 2.12. The lowest BCUT2D eigenvalue weighted by atomic mass is 10.0. The van der Waals surface area contributed by atoms with Gasteiger partial charge in [0.2, 0.25) is 0 Å². The van der Waals surface area contributed by atoms with Gasteiger partial charge in [0.05, 0.1) is 18.8 Å². The van der Waals surface area contributed by atoms with Gasteiger partial charge in [-0.25, -0.2) is 0 Å². The van der Waals surface area contributed by atoms with Crippen LogP contribution >= 0.6 is 0 Å². The van der Waals surface area contributed by atoms with Gasteiger partial charge >= 0.3 is 0 Å². The van der Waals surface area contributed by atoms with Crippen molar-refractivity contribution in [2.75, 3.05) is 7.11 Å². The lowest BCUT2D eigenvalue weighted by Crippen LogP contribution is -2.35. The number of fused-ring (bicyclic) bond motifs is 1. The number of nitrogens with one attached hydrogen (secondary N) is 1. The molecule has 1 amide bonds. The molecule has 130 valence electrons. The smallest absolute Gasteiger partial charge is 0.256 e. The van der Waals surface area contributed by atoms with Crippen LogP contribution in [-0.4, -0.2) is 19.0 Å². The van der Waals surface area contributed by atoms with E-state index in [1.807, 2.05) is 30.3 Å². The number of carboxylic acids is 1. The van der Waals surface area contributed by atoms with Crippen molar-refractivity contribution in [3.8, 4) is 5.75 Å². The molecule has 0 spiro atoms. The molecule has 0 unspecified atom stereocenters. The molecular formula is C21H16NO4-. The van der Waals surface area contributed by atoms with E-state index < -0.39 is 11.9 Å². The molecule has 3 aromatic carbocycles. The second kappa shape index (κ2) is 7.53. The maximum absolute atomic E-state index is 12.6. The van der Waals surface area contributed by atoms with E-state index >= 15 is 0 Å². The van der Waals surface area contributed by atoms with Crippen LogP contribution in [0, 0.1) is 0 Å². The quantitative estimate of drug-likeness (QED) is 0.720. The molecule has 26 heavy (non-hydrogen) atoms. The Labute approximate surface area is 150 Å². The molecule has 0 saturated carbocycles. The Morgan fingerprint density at radius 1 is 0.962 bits per heavy atom. The van der Waals surface area contributed by atoms with Crippen LogP contribution in [0.25, 0.3) is 16.8 Å². The van der Waals surface area contributed by atoms with Crippen LogP contribution in [0.3, 0.4) is 0 Å². The third kappa shape index (κ3) is 3.72. The fourth-order valence-corrected chi connectivity index (χ4v) is 2.63. The Morgan fingerprint density at radius 2 is 1.65 bits per heavy atom. The summed E-state index contributed by atoms with van der Waals surface area (Å²) in [7, 11) is 1.54. The first-order valence-electron chi connectivity index (χ1n) is 7.94. The van der Waals surface area contributed by atoms with Gasteiger partial charge in [-0.3, -0.25) is 4.79 Å². The van der Waals surface area contributed by atoms with Gasteiger partial charge in [-0.1, -0.05) is 48.5 Å². The summed E-state index contributed by atoms with van der Waals surface area (Å²) in [5.41, 5.74) is 0.682. The molecule has 5 nitrogen and oxygen atoms in total. The summed E-state index contributed by atoms with van der Waals surface area (Å²) in [6, 6.07) is 19.5. The number of hydrogen-bond donors (Lipinski definition) is 1. The minimum absolute atomic E-state index is 0.312. The van der Waals surface area contributed by atoms with E-state index in [0.717, 1.165) is 10.8 Å². The molecule has 0 atom stereocenters. The number of carbonyl (C=O) groups excluding carboxylic acids is 2. The van der Waals surface area contributed by atoms with Gasteiger partial charge in [0.1, 0.15) is 5.75 Å². The molecule has 3 rings (SSSR count). The van der Waals surface area contributed by atoms with Crippen molar-refractivity contribution < 1.29 is 19.4 Å². The van der Waals surface area contributed by atoms with Crippen LogP contribution in [0.4, 0.5) is 0 Å². The van der Waals surface area contributed by atoms with Crippen LogP contribution in [0.2, 0.25) is 0 Å². The normalized spacial score (nSPS) is 11.2. The summed E-state index contributed by atoms with van der Waals surface area (Å²) in [5.74, 6) is -1.32. The maximum Gasteiger partial charge on any atom is 0.256 e. The zero-order valence-electron chi connectivity index (χ0n) is 14.1. The molecule has 0 bridgehead atoms. The van der Waals surface area contributed by atoms with Crippen LogP contribution in [0.5, 0.6) is 5.75 Å². The number of carbonyl (C=O) groups is 2. The van der Waals surface area contributed by atoms with Crippen molar-refractivity contribution in [1.29, 1.82) is 0 Å². The largest absolute Gasteiger partial charge is 0.543 e. The highest BCUT2D eigenvalue weighted by atomic mass is 16.5. The number of carboxylic acid groups (broad SMARTS) is 1. The third-order valence-corrected chi connectivity index (χ3v) is 3.93. The van der Waals surface area contributed by atoms with Crippen LogP contribution in [0.1, 0.15) is 15.9 Å². The van der Waals surface area contributed by atoms with Crippen molar-refractivity contribution in [2.45, 2.75) is 0 Å². The number of hydrogen-bond acceptors (Lipinski definition) is 4. The van der Waals surface area contributed by atoms with Crippen molar-refractivity contribution in [3.05, 3.63) is 83.6 Å². The predicted molar refractivity (Wildman–Crippen MR) is 97.4 cm³/mol. The number of aliphatic carboxylic acids is 1. The molecule has 3 aromatic rings. The molecule has 0 radical (unpaired) electrons. The van der Waals surface area contributed by atoms with Crippen molar-refractivity contribution >= 4 is 28.7 Å². The molecule has 0 aliphatic carbocycles. The average Bonchev–Trinajstić information content (AvgIpc) is 2.67. The fourth-order valence-electron chi connectivity index (χ4n) is 2.63. The molecule has 0 saturated heterocycles. The van der Waals surface area contributed by atoms with Gasteiger partial charge in [-0.05, 0) is 40.6 Å². The van der Waals surface area contributed by atoms with Crippen molar-refractivity contribution in [3.63, 3.8) is 0 Å². The van der Waals surface area contributed by atoms with Gasteiger partial charge in [-0.15, -0.1) is 0 Å². The summed E-state index contributed by atoms with van der Waals surface area (Å²) < 4.78 is 5.07. The van der Waals surface area contributed by atoms with Gasteiger partial charge in [-0.2, -0.15) is 0 Å². The summed E-state index contributed by atoms with van der Waals surface area (Å²) >= 11 is 0. The number of benzene rings is 3. The first-order valence-corrected chi connectivity index (χ1v) is 7.94. The Kier molecular flexibility index (Phi) is 4.99. The van der Waals surface area contributed by atoms with E-state index in [1.54, 1.807) is 43.5 Å². The number of methoxy groups -OCH3 is 1. The summed E-state index contributed by atoms with van der Waals surface area (Å²) in [6.45, 7) is 0. The third-order valence-electron chi connectivity index (χ3n) is 3.93. The molecule has 0 fully saturated rings. The molecule has 0 heterocycles. The van der Waals surface area contributed by atoms with Crippen molar-refractivity contribution in [2.24, 2.45) is 0 Å².